The maximum atomic E-state index is 13.8. The molecule has 1 aromatic rings. The molecule has 0 saturated carbocycles. The molecule has 0 aliphatic carbocycles. The van der Waals surface area contributed by atoms with Crippen molar-refractivity contribution >= 4 is 6.09 Å². The Labute approximate surface area is 134 Å². The van der Waals surface area contributed by atoms with E-state index in [1.165, 1.54) is 12.1 Å². The number of alkyl carbamates (subject to hydrolysis) is 1. The van der Waals surface area contributed by atoms with Crippen LogP contribution in [0.4, 0.5) is 9.18 Å². The predicted octanol–water partition coefficient (Wildman–Crippen LogP) is 1.63. The zero-order valence-electron chi connectivity index (χ0n) is 13.5. The van der Waals surface area contributed by atoms with E-state index in [-0.39, 0.29) is 25.1 Å². The number of hydrogen-bond donors (Lipinski definition) is 4. The van der Waals surface area contributed by atoms with E-state index < -0.39 is 29.7 Å². The summed E-state index contributed by atoms with van der Waals surface area (Å²) in [6.45, 7) is 4.94. The topological polar surface area (TPSA) is 99.0 Å². The fourth-order valence-corrected chi connectivity index (χ4v) is 1.91. The van der Waals surface area contributed by atoms with Crippen molar-refractivity contribution in [3.63, 3.8) is 0 Å². The monoisotopic (exact) mass is 329 g/mol. The smallest absolute Gasteiger partial charge is 0.407 e. The van der Waals surface area contributed by atoms with Gasteiger partial charge in [-0.1, -0.05) is 12.1 Å². The third kappa shape index (κ3) is 6.52. The molecule has 0 bridgehead atoms. The van der Waals surface area contributed by atoms with Gasteiger partial charge < -0.3 is 25.4 Å². The van der Waals surface area contributed by atoms with E-state index in [1.807, 2.05) is 0 Å². The van der Waals surface area contributed by atoms with Crippen molar-refractivity contribution in [1.82, 2.24) is 5.32 Å². The number of ether oxygens (including phenoxy) is 1. The van der Waals surface area contributed by atoms with E-state index in [2.05, 4.69) is 5.32 Å². The fraction of sp³-hybridized carbons (Fsp3) is 0.562. The molecule has 1 rings (SSSR count). The van der Waals surface area contributed by atoms with E-state index in [0.717, 1.165) is 6.07 Å². The molecule has 0 radical (unpaired) electrons. The Balaban J connectivity index is 2.51. The first-order valence-corrected chi connectivity index (χ1v) is 7.36. The van der Waals surface area contributed by atoms with Gasteiger partial charge in [0, 0.05) is 12.1 Å². The summed E-state index contributed by atoms with van der Waals surface area (Å²) in [5.41, 5.74) is -0.314. The van der Waals surface area contributed by atoms with Crippen LogP contribution >= 0.6 is 0 Å². The highest BCUT2D eigenvalue weighted by Crippen LogP contribution is 2.22. The average molecular weight is 329 g/mol. The number of amides is 1. The molecule has 130 valence electrons. The van der Waals surface area contributed by atoms with Gasteiger partial charge in [0.1, 0.15) is 17.5 Å². The third-order valence-electron chi connectivity index (χ3n) is 3.04. The SMILES string of the molecule is CC(C)(C)OC(=O)NCCC(O)C(O)c1ccc(CO)cc1F. The minimum absolute atomic E-state index is 0.0294. The molecule has 1 amide bonds. The van der Waals surface area contributed by atoms with Gasteiger partial charge >= 0.3 is 6.09 Å². The highest BCUT2D eigenvalue weighted by atomic mass is 19.1. The molecule has 6 nitrogen and oxygen atoms in total. The predicted molar refractivity (Wildman–Crippen MR) is 82.1 cm³/mol. The molecule has 4 N–H and O–H groups in total. The van der Waals surface area contributed by atoms with Crippen LogP contribution in [0, 0.1) is 5.82 Å². The highest BCUT2D eigenvalue weighted by molar-refractivity contribution is 5.67. The summed E-state index contributed by atoms with van der Waals surface area (Å²) in [5, 5.41) is 31.3. The van der Waals surface area contributed by atoms with Crippen molar-refractivity contribution in [2.24, 2.45) is 0 Å². The van der Waals surface area contributed by atoms with Crippen LogP contribution in [0.2, 0.25) is 0 Å². The molecule has 1 aromatic carbocycles. The van der Waals surface area contributed by atoms with E-state index in [0.29, 0.717) is 5.56 Å². The van der Waals surface area contributed by atoms with Gasteiger partial charge in [0.05, 0.1) is 12.7 Å². The summed E-state index contributed by atoms with van der Waals surface area (Å²) < 4.78 is 18.8. The molecule has 0 saturated heterocycles. The van der Waals surface area contributed by atoms with Crippen LogP contribution in [0.5, 0.6) is 0 Å². The first-order valence-electron chi connectivity index (χ1n) is 7.36. The minimum Gasteiger partial charge on any atom is -0.444 e. The van der Waals surface area contributed by atoms with Gasteiger partial charge in [-0.15, -0.1) is 0 Å². The molecule has 23 heavy (non-hydrogen) atoms. The summed E-state index contributed by atoms with van der Waals surface area (Å²) in [6, 6.07) is 3.88. The number of aliphatic hydroxyl groups is 3. The van der Waals surface area contributed by atoms with Crippen LogP contribution < -0.4 is 5.32 Å². The first-order chi connectivity index (χ1) is 10.6. The number of carbonyl (C=O) groups excluding carboxylic acids is 1. The molecule has 2 unspecified atom stereocenters. The van der Waals surface area contributed by atoms with E-state index in [4.69, 9.17) is 9.84 Å². The van der Waals surface area contributed by atoms with Crippen LogP contribution in [0.1, 0.15) is 44.4 Å². The molecule has 0 spiro atoms. The minimum atomic E-state index is -1.43. The molecule has 0 aliphatic heterocycles. The van der Waals surface area contributed by atoms with Gasteiger partial charge in [0.15, 0.2) is 0 Å². The van der Waals surface area contributed by atoms with Crippen molar-refractivity contribution in [1.29, 1.82) is 0 Å². The van der Waals surface area contributed by atoms with Crippen LogP contribution in [0.3, 0.4) is 0 Å². The fourth-order valence-electron chi connectivity index (χ4n) is 1.91. The molecule has 2 atom stereocenters. The summed E-state index contributed by atoms with van der Waals surface area (Å²) in [6.07, 6.45) is -3.28. The lowest BCUT2D eigenvalue weighted by Crippen LogP contribution is -2.34. The Hall–Kier alpha value is -1.70. The zero-order valence-corrected chi connectivity index (χ0v) is 13.5. The van der Waals surface area contributed by atoms with Crippen LogP contribution in [0.25, 0.3) is 0 Å². The van der Waals surface area contributed by atoms with Gasteiger partial charge in [-0.25, -0.2) is 9.18 Å². The first kappa shape index (κ1) is 19.3. The van der Waals surface area contributed by atoms with Gasteiger partial charge in [0.25, 0.3) is 0 Å². The summed E-state index contributed by atoms with van der Waals surface area (Å²) in [4.78, 5) is 11.4. The van der Waals surface area contributed by atoms with E-state index >= 15 is 0 Å². The Bertz CT molecular complexity index is 530. The van der Waals surface area contributed by atoms with Crippen LogP contribution in [-0.4, -0.2) is 39.7 Å². The number of carbonyl (C=O) groups is 1. The van der Waals surface area contributed by atoms with Crippen molar-refractivity contribution < 1.29 is 29.2 Å². The third-order valence-corrected chi connectivity index (χ3v) is 3.04. The number of rotatable bonds is 6. The lowest BCUT2D eigenvalue weighted by molar-refractivity contribution is 0.0103. The second-order valence-electron chi connectivity index (χ2n) is 6.24. The quantitative estimate of drug-likeness (QED) is 0.636. The van der Waals surface area contributed by atoms with Gasteiger partial charge in [-0.2, -0.15) is 0 Å². The number of aliphatic hydroxyl groups excluding tert-OH is 3. The lowest BCUT2D eigenvalue weighted by atomic mass is 10.00. The lowest BCUT2D eigenvalue weighted by Gasteiger charge is -2.21. The normalized spacial score (nSPS) is 14.2. The number of benzene rings is 1. The number of nitrogens with one attached hydrogen (secondary N) is 1. The summed E-state index contributed by atoms with van der Waals surface area (Å²) >= 11 is 0. The van der Waals surface area contributed by atoms with Crippen LogP contribution in [0.15, 0.2) is 18.2 Å². The largest absolute Gasteiger partial charge is 0.444 e. The van der Waals surface area contributed by atoms with Crippen molar-refractivity contribution in [3.8, 4) is 0 Å². The standard InChI is InChI=1S/C16H24FNO5/c1-16(2,3)23-15(22)18-7-6-13(20)14(21)11-5-4-10(9-19)8-12(11)17/h4-5,8,13-14,19-21H,6-7,9H2,1-3H3,(H,18,22). The Morgan fingerprint density at radius 3 is 2.52 bits per heavy atom. The number of halogens is 1. The maximum Gasteiger partial charge on any atom is 0.407 e. The van der Waals surface area contributed by atoms with E-state index in [1.54, 1.807) is 20.8 Å². The summed E-state index contributed by atoms with van der Waals surface area (Å²) in [5.74, 6) is -0.705. The number of hydrogen-bond acceptors (Lipinski definition) is 5. The second-order valence-corrected chi connectivity index (χ2v) is 6.24. The Kier molecular flexibility index (Phi) is 6.93. The van der Waals surface area contributed by atoms with Crippen molar-refractivity contribution in [2.45, 2.75) is 51.6 Å². The van der Waals surface area contributed by atoms with E-state index in [9.17, 15) is 19.4 Å². The average Bonchev–Trinajstić information content (AvgIpc) is 2.44. The van der Waals surface area contributed by atoms with Gasteiger partial charge in [-0.05, 0) is 38.8 Å². The molecule has 0 aliphatic rings. The highest BCUT2D eigenvalue weighted by Gasteiger charge is 2.22. The molecule has 0 aromatic heterocycles. The second kappa shape index (κ2) is 8.24. The van der Waals surface area contributed by atoms with Crippen LogP contribution in [-0.2, 0) is 11.3 Å². The molecule has 0 fully saturated rings. The molecular formula is C16H24FNO5. The Morgan fingerprint density at radius 2 is 2.00 bits per heavy atom. The van der Waals surface area contributed by atoms with Crippen molar-refractivity contribution in [2.75, 3.05) is 6.54 Å². The maximum absolute atomic E-state index is 13.8. The zero-order chi connectivity index (χ0) is 17.6. The molecule has 7 heteroatoms. The van der Waals surface area contributed by atoms with Gasteiger partial charge in [0.2, 0.25) is 0 Å². The van der Waals surface area contributed by atoms with Crippen molar-refractivity contribution in [3.05, 3.63) is 35.1 Å². The summed E-state index contributed by atoms with van der Waals surface area (Å²) in [7, 11) is 0. The Morgan fingerprint density at radius 1 is 1.35 bits per heavy atom. The van der Waals surface area contributed by atoms with Gasteiger partial charge in [-0.3, -0.25) is 0 Å². The molecular weight excluding hydrogens is 305 g/mol. The molecule has 0 heterocycles.